The van der Waals surface area contributed by atoms with E-state index in [0.29, 0.717) is 13.2 Å². The zero-order chi connectivity index (χ0) is 18.0. The van der Waals surface area contributed by atoms with Crippen molar-refractivity contribution in [3.05, 3.63) is 99.5 Å². The fourth-order valence-electron chi connectivity index (χ4n) is 3.27. The van der Waals surface area contributed by atoms with Crippen molar-refractivity contribution in [2.45, 2.75) is 18.8 Å². The highest BCUT2D eigenvalue weighted by molar-refractivity contribution is 9.10. The van der Waals surface area contributed by atoms with Gasteiger partial charge in [-0.2, -0.15) is 0 Å². The largest absolute Gasteiger partial charge is 0.489 e. The molecule has 1 aliphatic rings. The van der Waals surface area contributed by atoms with Gasteiger partial charge >= 0.3 is 0 Å². The molecule has 0 aliphatic carbocycles. The van der Waals surface area contributed by atoms with Gasteiger partial charge in [0, 0.05) is 4.47 Å². The highest BCUT2D eigenvalue weighted by Gasteiger charge is 2.37. The highest BCUT2D eigenvalue weighted by Crippen LogP contribution is 2.38. The minimum Gasteiger partial charge on any atom is -0.489 e. The summed E-state index contributed by atoms with van der Waals surface area (Å²) >= 11 is 3.44. The minimum atomic E-state index is -1.15. The Kier molecular flexibility index (Phi) is 4.81. The van der Waals surface area contributed by atoms with E-state index in [0.717, 1.165) is 32.5 Å². The van der Waals surface area contributed by atoms with Gasteiger partial charge in [0.05, 0.1) is 13.2 Å². The Labute approximate surface area is 161 Å². The summed E-state index contributed by atoms with van der Waals surface area (Å²) in [7, 11) is 0. The number of rotatable bonds is 4. The van der Waals surface area contributed by atoms with E-state index >= 15 is 0 Å². The molecule has 0 spiro atoms. The van der Waals surface area contributed by atoms with E-state index < -0.39 is 5.60 Å². The number of hydrogen-bond acceptors (Lipinski definition) is 3. The molecule has 0 amide bonds. The zero-order valence-corrected chi connectivity index (χ0v) is 15.8. The van der Waals surface area contributed by atoms with Gasteiger partial charge in [-0.05, 0) is 46.5 Å². The van der Waals surface area contributed by atoms with E-state index in [2.05, 4.69) is 15.9 Å². The molecule has 1 aliphatic heterocycles. The van der Waals surface area contributed by atoms with Gasteiger partial charge < -0.3 is 14.6 Å². The van der Waals surface area contributed by atoms with Crippen molar-refractivity contribution in [1.29, 1.82) is 0 Å². The predicted molar refractivity (Wildman–Crippen MR) is 104 cm³/mol. The Hall–Kier alpha value is -2.14. The average Bonchev–Trinajstić information content (AvgIpc) is 2.68. The van der Waals surface area contributed by atoms with E-state index in [1.165, 1.54) is 0 Å². The summed E-state index contributed by atoms with van der Waals surface area (Å²) < 4.78 is 12.6. The SMILES string of the molecule is OC1(c2ccc(Br)cc2)COCc2cc(OCc3ccccc3)ccc21. The number of benzene rings is 3. The molecule has 4 rings (SSSR count). The molecule has 1 unspecified atom stereocenters. The van der Waals surface area contributed by atoms with Crippen LogP contribution in [-0.4, -0.2) is 11.7 Å². The molecule has 3 aromatic rings. The van der Waals surface area contributed by atoms with E-state index in [-0.39, 0.29) is 6.61 Å². The lowest BCUT2D eigenvalue weighted by Gasteiger charge is -2.35. The molecule has 0 saturated carbocycles. The number of halogens is 1. The molecule has 0 bridgehead atoms. The summed E-state index contributed by atoms with van der Waals surface area (Å²) in [6.45, 7) is 1.22. The zero-order valence-electron chi connectivity index (χ0n) is 14.2. The highest BCUT2D eigenvalue weighted by atomic mass is 79.9. The number of aliphatic hydroxyl groups is 1. The van der Waals surface area contributed by atoms with Crippen molar-refractivity contribution in [3.63, 3.8) is 0 Å². The van der Waals surface area contributed by atoms with Crippen LogP contribution in [0.1, 0.15) is 22.3 Å². The molecule has 0 aromatic heterocycles. The molecule has 1 heterocycles. The van der Waals surface area contributed by atoms with Crippen LogP contribution in [0.25, 0.3) is 0 Å². The molecule has 0 saturated heterocycles. The van der Waals surface area contributed by atoms with Crippen molar-refractivity contribution >= 4 is 15.9 Å². The molecule has 0 radical (unpaired) electrons. The van der Waals surface area contributed by atoms with Crippen molar-refractivity contribution < 1.29 is 14.6 Å². The van der Waals surface area contributed by atoms with Gasteiger partial charge in [0.25, 0.3) is 0 Å². The Bertz CT molecular complexity index is 893. The number of ether oxygens (including phenoxy) is 2. The first kappa shape index (κ1) is 17.3. The van der Waals surface area contributed by atoms with Crippen molar-refractivity contribution in [3.8, 4) is 5.75 Å². The van der Waals surface area contributed by atoms with Gasteiger partial charge in [-0.1, -0.05) is 64.5 Å². The van der Waals surface area contributed by atoms with Crippen LogP contribution in [-0.2, 0) is 23.6 Å². The summed E-state index contributed by atoms with van der Waals surface area (Å²) in [5.74, 6) is 0.774. The average molecular weight is 411 g/mol. The monoisotopic (exact) mass is 410 g/mol. The van der Waals surface area contributed by atoms with Crippen molar-refractivity contribution in [2.24, 2.45) is 0 Å². The third-order valence-corrected chi connectivity index (χ3v) is 5.19. The summed E-state index contributed by atoms with van der Waals surface area (Å²) in [5.41, 5.74) is 2.62. The first-order chi connectivity index (χ1) is 12.6. The fraction of sp³-hybridized carbons (Fsp3) is 0.182. The second-order valence-electron chi connectivity index (χ2n) is 6.45. The molecule has 0 fully saturated rings. The van der Waals surface area contributed by atoms with E-state index in [1.807, 2.05) is 72.8 Å². The maximum absolute atomic E-state index is 11.3. The smallest absolute Gasteiger partial charge is 0.138 e. The van der Waals surface area contributed by atoms with Gasteiger partial charge in [0.15, 0.2) is 0 Å². The summed E-state index contributed by atoms with van der Waals surface area (Å²) in [5, 5.41) is 11.3. The third-order valence-electron chi connectivity index (χ3n) is 4.66. The lowest BCUT2D eigenvalue weighted by molar-refractivity contribution is -0.0457. The standard InChI is InChI=1S/C22H19BrO3/c23-19-8-6-18(7-9-19)22(24)15-25-14-17-12-20(10-11-21(17)22)26-13-16-4-2-1-3-5-16/h1-12,24H,13-15H2. The number of hydrogen-bond donors (Lipinski definition) is 1. The molecule has 3 nitrogen and oxygen atoms in total. The van der Waals surface area contributed by atoms with Gasteiger partial charge in [0.1, 0.15) is 18.0 Å². The summed E-state index contributed by atoms with van der Waals surface area (Å²) in [4.78, 5) is 0. The van der Waals surface area contributed by atoms with Crippen LogP contribution < -0.4 is 4.74 Å². The van der Waals surface area contributed by atoms with Crippen LogP contribution in [0.3, 0.4) is 0 Å². The van der Waals surface area contributed by atoms with E-state index in [9.17, 15) is 5.11 Å². The molecular formula is C22H19BrO3. The lowest BCUT2D eigenvalue weighted by Crippen LogP contribution is -2.37. The first-order valence-electron chi connectivity index (χ1n) is 8.51. The van der Waals surface area contributed by atoms with Crippen LogP contribution in [0.5, 0.6) is 5.75 Å². The molecule has 1 N–H and O–H groups in total. The van der Waals surface area contributed by atoms with Crippen LogP contribution in [0, 0.1) is 0 Å². The van der Waals surface area contributed by atoms with Gasteiger partial charge in [-0.3, -0.25) is 0 Å². The molecule has 1 atom stereocenters. The van der Waals surface area contributed by atoms with Crippen LogP contribution in [0.2, 0.25) is 0 Å². The molecular weight excluding hydrogens is 392 g/mol. The Balaban J connectivity index is 1.60. The number of fused-ring (bicyclic) bond motifs is 1. The second kappa shape index (κ2) is 7.23. The maximum atomic E-state index is 11.3. The molecule has 4 heteroatoms. The molecule has 132 valence electrons. The van der Waals surface area contributed by atoms with Crippen LogP contribution >= 0.6 is 15.9 Å². The van der Waals surface area contributed by atoms with Gasteiger partial charge in [-0.25, -0.2) is 0 Å². The van der Waals surface area contributed by atoms with E-state index in [4.69, 9.17) is 9.47 Å². The van der Waals surface area contributed by atoms with Crippen molar-refractivity contribution in [2.75, 3.05) is 6.61 Å². The lowest BCUT2D eigenvalue weighted by atomic mass is 9.83. The Morgan fingerprint density at radius 3 is 2.54 bits per heavy atom. The summed E-state index contributed by atoms with van der Waals surface area (Å²) in [6.07, 6.45) is 0. The van der Waals surface area contributed by atoms with Gasteiger partial charge in [-0.15, -0.1) is 0 Å². The van der Waals surface area contributed by atoms with E-state index in [1.54, 1.807) is 0 Å². The quantitative estimate of drug-likeness (QED) is 0.671. The molecule has 3 aromatic carbocycles. The predicted octanol–water partition coefficient (Wildman–Crippen LogP) is 4.79. The van der Waals surface area contributed by atoms with Gasteiger partial charge in [0.2, 0.25) is 0 Å². The van der Waals surface area contributed by atoms with Crippen LogP contribution in [0.15, 0.2) is 77.3 Å². The fourth-order valence-corrected chi connectivity index (χ4v) is 3.54. The van der Waals surface area contributed by atoms with Crippen molar-refractivity contribution in [1.82, 2.24) is 0 Å². The third kappa shape index (κ3) is 3.40. The maximum Gasteiger partial charge on any atom is 0.138 e. The van der Waals surface area contributed by atoms with Crippen LogP contribution in [0.4, 0.5) is 0 Å². The molecule has 26 heavy (non-hydrogen) atoms. The topological polar surface area (TPSA) is 38.7 Å². The first-order valence-corrected chi connectivity index (χ1v) is 9.31. The minimum absolute atomic E-state index is 0.242. The second-order valence-corrected chi connectivity index (χ2v) is 7.37. The summed E-state index contributed by atoms with van der Waals surface area (Å²) in [6, 6.07) is 23.6. The normalized spacial score (nSPS) is 19.0. The Morgan fingerprint density at radius 2 is 1.77 bits per heavy atom. The Morgan fingerprint density at radius 1 is 1.00 bits per heavy atom.